The van der Waals surface area contributed by atoms with E-state index in [1.807, 2.05) is 0 Å². The highest BCUT2D eigenvalue weighted by molar-refractivity contribution is 5.82. The van der Waals surface area contributed by atoms with Gasteiger partial charge < -0.3 is 0 Å². The Hall–Kier alpha value is -0.590. The molecule has 1 fully saturated rings. The van der Waals surface area contributed by atoms with Gasteiger partial charge in [0.1, 0.15) is 5.78 Å². The van der Waals surface area contributed by atoms with Crippen LogP contribution in [0.3, 0.4) is 0 Å². The Morgan fingerprint density at radius 3 is 2.62 bits per heavy atom. The average molecular weight is 180 g/mol. The molecule has 1 unspecified atom stereocenters. The van der Waals surface area contributed by atoms with Crippen molar-refractivity contribution in [3.8, 4) is 0 Å². The number of Topliss-reactive ketones (excluding diaryl/α,β-unsaturated/α-hetero) is 1. The van der Waals surface area contributed by atoms with E-state index in [2.05, 4.69) is 19.9 Å². The summed E-state index contributed by atoms with van der Waals surface area (Å²) < 4.78 is 0. The minimum atomic E-state index is 0.227. The van der Waals surface area contributed by atoms with Crippen molar-refractivity contribution in [1.82, 2.24) is 0 Å². The van der Waals surface area contributed by atoms with Crippen LogP contribution in [0.4, 0.5) is 0 Å². The second-order valence-corrected chi connectivity index (χ2v) is 4.27. The predicted octanol–water partition coefficient (Wildman–Crippen LogP) is 3.49. The zero-order valence-corrected chi connectivity index (χ0v) is 8.81. The number of ketones is 1. The van der Waals surface area contributed by atoms with Crippen molar-refractivity contribution in [2.24, 2.45) is 5.92 Å². The Morgan fingerprint density at radius 2 is 1.92 bits per heavy atom. The lowest BCUT2D eigenvalue weighted by atomic mass is 9.89. The highest BCUT2D eigenvalue weighted by Gasteiger charge is 2.16. The van der Waals surface area contributed by atoms with Crippen molar-refractivity contribution >= 4 is 5.78 Å². The van der Waals surface area contributed by atoms with Gasteiger partial charge in [0, 0.05) is 12.3 Å². The van der Waals surface area contributed by atoms with E-state index >= 15 is 0 Å². The van der Waals surface area contributed by atoms with E-state index in [-0.39, 0.29) is 5.92 Å². The minimum absolute atomic E-state index is 0.227. The van der Waals surface area contributed by atoms with Crippen LogP contribution in [-0.4, -0.2) is 5.78 Å². The van der Waals surface area contributed by atoms with Crippen molar-refractivity contribution in [2.75, 3.05) is 0 Å². The van der Waals surface area contributed by atoms with E-state index in [1.165, 1.54) is 24.8 Å². The molecule has 0 aromatic rings. The maximum atomic E-state index is 11.7. The monoisotopic (exact) mass is 180 g/mol. The second kappa shape index (κ2) is 5.21. The number of allylic oxidation sites excluding steroid dienone is 2. The third kappa shape index (κ3) is 3.75. The summed E-state index contributed by atoms with van der Waals surface area (Å²) in [7, 11) is 0. The zero-order chi connectivity index (χ0) is 9.68. The maximum Gasteiger partial charge on any atom is 0.139 e. The van der Waals surface area contributed by atoms with Gasteiger partial charge in [0.2, 0.25) is 0 Å². The highest BCUT2D eigenvalue weighted by Crippen LogP contribution is 2.21. The molecule has 1 rings (SSSR count). The van der Waals surface area contributed by atoms with Gasteiger partial charge in [-0.2, -0.15) is 0 Å². The first-order valence-corrected chi connectivity index (χ1v) is 5.38. The molecule has 0 amide bonds. The third-order valence-electron chi connectivity index (χ3n) is 2.64. The van der Waals surface area contributed by atoms with E-state index < -0.39 is 0 Å². The van der Waals surface area contributed by atoms with Gasteiger partial charge in [-0.25, -0.2) is 0 Å². The van der Waals surface area contributed by atoms with E-state index in [1.54, 1.807) is 0 Å². The standard InChI is InChI=1S/C12H20O/c1-10(2)9-11-7-5-3-4-6-8-12(11)13/h9,11H,3-8H2,1-2H3. The van der Waals surface area contributed by atoms with Crippen LogP contribution >= 0.6 is 0 Å². The summed E-state index contributed by atoms with van der Waals surface area (Å²) in [6.45, 7) is 4.15. The van der Waals surface area contributed by atoms with Gasteiger partial charge in [-0.3, -0.25) is 4.79 Å². The van der Waals surface area contributed by atoms with E-state index in [0.29, 0.717) is 5.78 Å². The summed E-state index contributed by atoms with van der Waals surface area (Å²) in [6, 6.07) is 0. The molecule has 0 aromatic carbocycles. The molecule has 1 nitrogen and oxygen atoms in total. The van der Waals surface area contributed by atoms with Crippen molar-refractivity contribution in [3.05, 3.63) is 11.6 Å². The molecule has 13 heavy (non-hydrogen) atoms. The van der Waals surface area contributed by atoms with Gasteiger partial charge in [0.05, 0.1) is 0 Å². The quantitative estimate of drug-likeness (QED) is 0.564. The summed E-state index contributed by atoms with van der Waals surface area (Å²) in [4.78, 5) is 11.7. The minimum Gasteiger partial charge on any atom is -0.299 e. The summed E-state index contributed by atoms with van der Waals surface area (Å²) in [6.07, 6.45) is 8.89. The van der Waals surface area contributed by atoms with Gasteiger partial charge >= 0.3 is 0 Å². The van der Waals surface area contributed by atoms with Crippen LogP contribution in [-0.2, 0) is 4.79 Å². The van der Waals surface area contributed by atoms with E-state index in [0.717, 1.165) is 19.3 Å². The molecule has 0 radical (unpaired) electrons. The summed E-state index contributed by atoms with van der Waals surface area (Å²) in [5, 5.41) is 0. The molecular weight excluding hydrogens is 160 g/mol. The summed E-state index contributed by atoms with van der Waals surface area (Å²) in [5.41, 5.74) is 1.28. The fraction of sp³-hybridized carbons (Fsp3) is 0.750. The molecule has 1 aliphatic rings. The van der Waals surface area contributed by atoms with E-state index in [4.69, 9.17) is 0 Å². The molecular formula is C12H20O. The Bertz CT molecular complexity index is 199. The largest absolute Gasteiger partial charge is 0.299 e. The predicted molar refractivity (Wildman–Crippen MR) is 55.6 cm³/mol. The molecule has 74 valence electrons. The Labute approximate surface area is 81.2 Å². The van der Waals surface area contributed by atoms with Crippen molar-refractivity contribution in [2.45, 2.75) is 52.4 Å². The maximum absolute atomic E-state index is 11.7. The fourth-order valence-corrected chi connectivity index (χ4v) is 1.94. The van der Waals surface area contributed by atoms with E-state index in [9.17, 15) is 4.79 Å². The van der Waals surface area contributed by atoms with Crippen LogP contribution < -0.4 is 0 Å². The number of hydrogen-bond acceptors (Lipinski definition) is 1. The van der Waals surface area contributed by atoms with Crippen LogP contribution in [0.15, 0.2) is 11.6 Å². The Balaban J connectivity index is 2.56. The van der Waals surface area contributed by atoms with Crippen LogP contribution in [0.1, 0.15) is 52.4 Å². The first-order chi connectivity index (χ1) is 6.20. The summed E-state index contributed by atoms with van der Waals surface area (Å²) >= 11 is 0. The Morgan fingerprint density at radius 1 is 1.23 bits per heavy atom. The molecule has 0 spiro atoms. The lowest BCUT2D eigenvalue weighted by molar-refractivity contribution is -0.122. The molecule has 1 heteroatoms. The molecule has 1 atom stereocenters. The van der Waals surface area contributed by atoms with Gasteiger partial charge in [-0.05, 0) is 26.7 Å². The average Bonchev–Trinajstić information content (AvgIpc) is 2.04. The second-order valence-electron chi connectivity index (χ2n) is 4.27. The van der Waals surface area contributed by atoms with Crippen molar-refractivity contribution in [1.29, 1.82) is 0 Å². The molecule has 0 bridgehead atoms. The van der Waals surface area contributed by atoms with Crippen LogP contribution in [0.25, 0.3) is 0 Å². The smallest absolute Gasteiger partial charge is 0.139 e. The highest BCUT2D eigenvalue weighted by atomic mass is 16.1. The third-order valence-corrected chi connectivity index (χ3v) is 2.64. The van der Waals surface area contributed by atoms with Crippen molar-refractivity contribution < 1.29 is 4.79 Å². The zero-order valence-electron chi connectivity index (χ0n) is 8.81. The number of rotatable bonds is 1. The topological polar surface area (TPSA) is 17.1 Å². The molecule has 1 saturated carbocycles. The Kier molecular flexibility index (Phi) is 4.20. The van der Waals surface area contributed by atoms with Gasteiger partial charge in [-0.15, -0.1) is 0 Å². The molecule has 1 aliphatic carbocycles. The van der Waals surface area contributed by atoms with Gasteiger partial charge in [-0.1, -0.05) is 30.9 Å². The van der Waals surface area contributed by atoms with Crippen LogP contribution in [0.2, 0.25) is 0 Å². The lowest BCUT2D eigenvalue weighted by Crippen LogP contribution is -2.14. The number of carbonyl (C=O) groups is 1. The number of hydrogen-bond donors (Lipinski definition) is 0. The lowest BCUT2D eigenvalue weighted by Gasteiger charge is -2.15. The van der Waals surface area contributed by atoms with Crippen LogP contribution in [0.5, 0.6) is 0 Å². The first-order valence-electron chi connectivity index (χ1n) is 5.38. The molecule has 0 N–H and O–H groups in total. The molecule has 0 aromatic heterocycles. The molecule has 0 heterocycles. The normalized spacial score (nSPS) is 24.8. The van der Waals surface area contributed by atoms with Crippen LogP contribution in [0, 0.1) is 5.92 Å². The SMILES string of the molecule is CC(C)=CC1CCCCCCC1=O. The number of carbonyl (C=O) groups excluding carboxylic acids is 1. The fourth-order valence-electron chi connectivity index (χ4n) is 1.94. The van der Waals surface area contributed by atoms with Crippen molar-refractivity contribution in [3.63, 3.8) is 0 Å². The molecule has 0 aliphatic heterocycles. The van der Waals surface area contributed by atoms with Gasteiger partial charge in [0.15, 0.2) is 0 Å². The first kappa shape index (κ1) is 10.5. The van der Waals surface area contributed by atoms with Gasteiger partial charge in [0.25, 0.3) is 0 Å². The summed E-state index contributed by atoms with van der Waals surface area (Å²) in [5.74, 6) is 0.686. The molecule has 0 saturated heterocycles.